The van der Waals surface area contributed by atoms with E-state index in [2.05, 4.69) is 5.32 Å². The van der Waals surface area contributed by atoms with Gasteiger partial charge in [-0.15, -0.1) is 0 Å². The minimum Gasteiger partial charge on any atom is -0.508 e. The molecule has 39 heavy (non-hydrogen) atoms. The summed E-state index contributed by atoms with van der Waals surface area (Å²) < 4.78 is 0. The van der Waals surface area contributed by atoms with Gasteiger partial charge in [-0.2, -0.15) is 0 Å². The van der Waals surface area contributed by atoms with Crippen LogP contribution in [-0.4, -0.2) is 88.0 Å². The summed E-state index contributed by atoms with van der Waals surface area (Å²) in [6, 6.07) is -1.18. The fourth-order valence-electron chi connectivity index (χ4n) is 6.39. The van der Waals surface area contributed by atoms with Crippen molar-refractivity contribution >= 4 is 52.6 Å². The molecule has 0 bridgehead atoms. The predicted octanol–water partition coefficient (Wildman–Crippen LogP) is 1.03. The summed E-state index contributed by atoms with van der Waals surface area (Å²) in [6.45, 7) is 4.73. The Morgan fingerprint density at radius 1 is 1.21 bits per heavy atom. The lowest BCUT2D eigenvalue weighted by molar-refractivity contribution is -0.153. The zero-order valence-electron chi connectivity index (χ0n) is 21.9. The Morgan fingerprint density at radius 3 is 2.33 bits per heavy atom. The number of halogens is 1. The van der Waals surface area contributed by atoms with Crippen LogP contribution in [0.1, 0.15) is 31.4 Å². The van der Waals surface area contributed by atoms with Gasteiger partial charge < -0.3 is 36.4 Å². The molecule has 2 amide bonds. The Kier molecular flexibility index (Phi) is 7.17. The van der Waals surface area contributed by atoms with E-state index in [1.54, 1.807) is 0 Å². The van der Waals surface area contributed by atoms with Crippen molar-refractivity contribution in [1.82, 2.24) is 4.90 Å². The van der Waals surface area contributed by atoms with Crippen LogP contribution >= 0.6 is 11.6 Å². The Hall–Kier alpha value is -3.61. The normalized spacial score (nSPS) is 26.3. The van der Waals surface area contributed by atoms with Crippen LogP contribution in [-0.2, 0) is 25.6 Å². The van der Waals surface area contributed by atoms with Crippen LogP contribution < -0.4 is 16.0 Å². The number of aromatic hydroxyl groups is 1. The first-order chi connectivity index (χ1) is 18.3. The standard InChI is InChI=1S/C26H31ClN4O8/c1-5-31(6-2)18-11-7-10-8-12-19(30(3)4)22(35)15(25(28)38)24(37)26(12,39)23(36)13(10)20(33)14(11)21(34)17(16(18)27)29-9-32/h9-10,12,19,33-34,37,39H,5-8H2,1-4H3,(H2,28,38)(H,29,32). The Balaban J connectivity index is 2.05. The molecule has 210 valence electrons. The number of hydrogen-bond acceptors (Lipinski definition) is 10. The van der Waals surface area contributed by atoms with E-state index in [0.717, 1.165) is 0 Å². The molecule has 4 rings (SSSR count). The van der Waals surface area contributed by atoms with Crippen molar-refractivity contribution in [3.05, 3.63) is 33.1 Å². The summed E-state index contributed by atoms with van der Waals surface area (Å²) in [7, 11) is 3.07. The van der Waals surface area contributed by atoms with Gasteiger partial charge in [-0.25, -0.2) is 0 Å². The van der Waals surface area contributed by atoms with Gasteiger partial charge >= 0.3 is 0 Å². The van der Waals surface area contributed by atoms with Crippen LogP contribution in [0.4, 0.5) is 11.4 Å². The number of phenolic OH excluding ortho intramolecular Hbond substituents is 1. The molecule has 1 saturated carbocycles. The maximum Gasteiger partial charge on any atom is 0.255 e. The number of ketones is 2. The number of nitrogens with two attached hydrogens (primary N) is 1. The van der Waals surface area contributed by atoms with Gasteiger partial charge in [0.2, 0.25) is 12.2 Å². The number of nitrogens with one attached hydrogen (secondary N) is 1. The van der Waals surface area contributed by atoms with Crippen LogP contribution in [0.15, 0.2) is 16.9 Å². The molecule has 7 N–H and O–H groups in total. The number of carbonyl (C=O) groups is 4. The first kappa shape index (κ1) is 28.4. The fourth-order valence-corrected chi connectivity index (χ4v) is 6.77. The number of aliphatic hydroxyl groups is 3. The summed E-state index contributed by atoms with van der Waals surface area (Å²) in [5.41, 5.74) is 1.97. The second-order valence-electron chi connectivity index (χ2n) is 10.1. The Labute approximate surface area is 229 Å². The number of hydrogen-bond donors (Lipinski definition) is 6. The second-order valence-corrected chi connectivity index (χ2v) is 10.5. The molecule has 1 fully saturated rings. The molecule has 0 aromatic heterocycles. The highest BCUT2D eigenvalue weighted by Crippen LogP contribution is 2.56. The number of carbonyl (C=O) groups excluding carboxylic acids is 4. The molecule has 0 spiro atoms. The van der Waals surface area contributed by atoms with Crippen LogP contribution in [0.5, 0.6) is 5.75 Å². The minimum absolute atomic E-state index is 0.0441. The van der Waals surface area contributed by atoms with Gasteiger partial charge in [0.25, 0.3) is 5.91 Å². The topological polar surface area (TPSA) is 194 Å². The molecular formula is C26H31ClN4O8. The van der Waals surface area contributed by atoms with Gasteiger partial charge in [0.05, 0.1) is 22.3 Å². The largest absolute Gasteiger partial charge is 0.508 e. The SMILES string of the molecule is CCN(CC)c1c(Cl)c(NC=O)c(O)c2c1CC1CC3C(N(C)C)C(=O)C(C(N)=O)=C(O)C3(O)C(=O)C1=C2O. The minimum atomic E-state index is -2.74. The number of rotatable bonds is 7. The lowest BCUT2D eigenvalue weighted by atomic mass is 9.57. The summed E-state index contributed by atoms with van der Waals surface area (Å²) in [5, 5.41) is 47.6. The average Bonchev–Trinajstić information content (AvgIpc) is 2.86. The predicted molar refractivity (Wildman–Crippen MR) is 143 cm³/mol. The number of aliphatic hydroxyl groups excluding tert-OH is 2. The molecule has 0 radical (unpaired) electrons. The third kappa shape index (κ3) is 3.80. The summed E-state index contributed by atoms with van der Waals surface area (Å²) in [4.78, 5) is 53.9. The van der Waals surface area contributed by atoms with Crippen LogP contribution in [0.2, 0.25) is 5.02 Å². The molecule has 0 saturated heterocycles. The van der Waals surface area contributed by atoms with E-state index in [9.17, 15) is 39.6 Å². The number of amides is 2. The summed E-state index contributed by atoms with van der Waals surface area (Å²) in [6.07, 6.45) is 0.341. The lowest BCUT2D eigenvalue weighted by Gasteiger charge is -2.50. The van der Waals surface area contributed by atoms with E-state index in [4.69, 9.17) is 17.3 Å². The first-order valence-electron chi connectivity index (χ1n) is 12.5. The van der Waals surface area contributed by atoms with Gasteiger partial charge in [0, 0.05) is 24.6 Å². The molecule has 3 aliphatic carbocycles. The summed E-state index contributed by atoms with van der Waals surface area (Å²) in [5.74, 6) is -7.59. The van der Waals surface area contributed by atoms with Gasteiger partial charge in [0.15, 0.2) is 17.1 Å². The second kappa shape index (κ2) is 9.85. The Morgan fingerprint density at radius 2 is 1.82 bits per heavy atom. The van der Waals surface area contributed by atoms with Crippen molar-refractivity contribution in [2.24, 2.45) is 17.6 Å². The zero-order valence-corrected chi connectivity index (χ0v) is 22.7. The van der Waals surface area contributed by atoms with Gasteiger partial charge in [-0.05, 0) is 52.3 Å². The van der Waals surface area contributed by atoms with Crippen molar-refractivity contribution < 1.29 is 39.6 Å². The van der Waals surface area contributed by atoms with Crippen molar-refractivity contribution in [2.45, 2.75) is 38.3 Å². The lowest BCUT2D eigenvalue weighted by Crippen LogP contribution is -2.65. The Bertz CT molecular complexity index is 1370. The number of likely N-dealkylation sites (N-methyl/N-ethyl adjacent to an activating group) is 1. The van der Waals surface area contributed by atoms with Gasteiger partial charge in [-0.1, -0.05) is 11.6 Å². The number of Topliss-reactive ketones (excluding diaryl/α,β-unsaturated/α-hetero) is 2. The van der Waals surface area contributed by atoms with Crippen molar-refractivity contribution in [2.75, 3.05) is 37.4 Å². The molecule has 4 atom stereocenters. The third-order valence-electron chi connectivity index (χ3n) is 8.08. The highest BCUT2D eigenvalue weighted by molar-refractivity contribution is 6.37. The van der Waals surface area contributed by atoms with E-state index in [1.165, 1.54) is 19.0 Å². The molecule has 4 unspecified atom stereocenters. The molecule has 0 heterocycles. The summed E-state index contributed by atoms with van der Waals surface area (Å²) >= 11 is 6.65. The average molecular weight is 563 g/mol. The number of primary amides is 1. The highest BCUT2D eigenvalue weighted by atomic mass is 35.5. The maximum absolute atomic E-state index is 14.0. The first-order valence-corrected chi connectivity index (χ1v) is 12.8. The maximum atomic E-state index is 14.0. The molecule has 0 aliphatic heterocycles. The fraction of sp³-hybridized carbons (Fsp3) is 0.462. The van der Waals surface area contributed by atoms with Crippen molar-refractivity contribution in [3.8, 4) is 5.75 Å². The van der Waals surface area contributed by atoms with E-state index >= 15 is 0 Å². The number of benzene rings is 1. The highest BCUT2D eigenvalue weighted by Gasteiger charge is 2.64. The number of phenols is 1. The molecule has 3 aliphatic rings. The zero-order chi connectivity index (χ0) is 29.1. The number of anilines is 2. The van der Waals surface area contributed by atoms with Gasteiger partial charge in [0.1, 0.15) is 22.8 Å². The van der Waals surface area contributed by atoms with E-state index < -0.39 is 63.8 Å². The van der Waals surface area contributed by atoms with E-state index in [-0.39, 0.29) is 34.7 Å². The number of fused-ring (bicyclic) bond motifs is 3. The van der Waals surface area contributed by atoms with Crippen LogP contribution in [0, 0.1) is 11.8 Å². The molecule has 1 aromatic rings. The van der Waals surface area contributed by atoms with E-state index in [0.29, 0.717) is 30.8 Å². The van der Waals surface area contributed by atoms with Crippen LogP contribution in [0.25, 0.3) is 5.76 Å². The van der Waals surface area contributed by atoms with Gasteiger partial charge in [-0.3, -0.25) is 24.1 Å². The van der Waals surface area contributed by atoms with Crippen LogP contribution in [0.3, 0.4) is 0 Å². The van der Waals surface area contributed by atoms with Crippen molar-refractivity contribution in [1.29, 1.82) is 0 Å². The third-order valence-corrected chi connectivity index (χ3v) is 8.45. The number of nitrogens with zero attached hydrogens (tertiary/aromatic N) is 2. The molecule has 13 heteroatoms. The molecular weight excluding hydrogens is 532 g/mol. The van der Waals surface area contributed by atoms with Crippen molar-refractivity contribution in [3.63, 3.8) is 0 Å². The monoisotopic (exact) mass is 562 g/mol. The molecule has 12 nitrogen and oxygen atoms in total. The quantitative estimate of drug-likeness (QED) is 0.159. The van der Waals surface area contributed by atoms with E-state index in [1.807, 2.05) is 18.7 Å². The molecule has 1 aromatic carbocycles. The smallest absolute Gasteiger partial charge is 0.255 e.